The number of halogens is 1. The first-order valence-corrected chi connectivity index (χ1v) is 5.58. The number of aromatic amines is 1. The van der Waals surface area contributed by atoms with Gasteiger partial charge in [0.05, 0.1) is 0 Å². The molecule has 1 aromatic heterocycles. The van der Waals surface area contributed by atoms with E-state index in [2.05, 4.69) is 9.97 Å². The van der Waals surface area contributed by atoms with Gasteiger partial charge in [-0.3, -0.25) is 4.79 Å². The summed E-state index contributed by atoms with van der Waals surface area (Å²) in [5, 5.41) is 0.689. The molecule has 1 aromatic carbocycles. The first-order chi connectivity index (χ1) is 8.19. The summed E-state index contributed by atoms with van der Waals surface area (Å²) >= 11 is 5.79. The van der Waals surface area contributed by atoms with Gasteiger partial charge in [0.15, 0.2) is 0 Å². The minimum atomic E-state index is -0.175. The van der Waals surface area contributed by atoms with Gasteiger partial charge in [-0.1, -0.05) is 23.7 Å². The number of aromatic nitrogens is 2. The summed E-state index contributed by atoms with van der Waals surface area (Å²) in [6, 6.07) is 7.42. The number of nitrogens with zero attached hydrogens (tertiary/aromatic N) is 1. The van der Waals surface area contributed by atoms with Crippen molar-refractivity contribution in [3.63, 3.8) is 0 Å². The van der Waals surface area contributed by atoms with Gasteiger partial charge in [-0.25, -0.2) is 4.98 Å². The highest BCUT2D eigenvalue weighted by atomic mass is 35.5. The van der Waals surface area contributed by atoms with Crippen molar-refractivity contribution in [1.29, 1.82) is 0 Å². The van der Waals surface area contributed by atoms with Crippen LogP contribution in [-0.4, -0.2) is 9.97 Å². The molecule has 4 nitrogen and oxygen atoms in total. The number of nitrogens with one attached hydrogen (secondary N) is 1. The average molecular weight is 250 g/mol. The van der Waals surface area contributed by atoms with Crippen LogP contribution in [0, 0.1) is 0 Å². The van der Waals surface area contributed by atoms with E-state index >= 15 is 0 Å². The number of benzene rings is 1. The number of H-pyrrole nitrogens is 1. The van der Waals surface area contributed by atoms with Gasteiger partial charge in [0.2, 0.25) is 0 Å². The van der Waals surface area contributed by atoms with E-state index in [0.717, 1.165) is 5.56 Å². The topological polar surface area (TPSA) is 71.8 Å². The fourth-order valence-electron chi connectivity index (χ4n) is 1.49. The van der Waals surface area contributed by atoms with E-state index in [-0.39, 0.29) is 12.1 Å². The quantitative estimate of drug-likeness (QED) is 0.865. The van der Waals surface area contributed by atoms with Crippen LogP contribution in [0.5, 0.6) is 0 Å². The van der Waals surface area contributed by atoms with Crippen molar-refractivity contribution in [2.24, 2.45) is 5.73 Å². The zero-order valence-corrected chi connectivity index (χ0v) is 9.87. The molecule has 88 valence electrons. The summed E-state index contributed by atoms with van der Waals surface area (Å²) in [6.45, 7) is 0.198. The zero-order chi connectivity index (χ0) is 12.3. The lowest BCUT2D eigenvalue weighted by Gasteiger charge is -2.02. The number of hydrogen-bond acceptors (Lipinski definition) is 3. The number of hydrogen-bond donors (Lipinski definition) is 2. The standard InChI is InChI=1S/C12H12ClN3O/c13-10-3-1-8(2-4-10)5-11-15-7-9(6-14)12(17)16-11/h1-4,7H,5-6,14H2,(H,15,16,17). The van der Waals surface area contributed by atoms with E-state index < -0.39 is 0 Å². The fourth-order valence-corrected chi connectivity index (χ4v) is 1.61. The van der Waals surface area contributed by atoms with Crippen molar-refractivity contribution in [3.8, 4) is 0 Å². The minimum absolute atomic E-state index is 0.175. The second-order valence-electron chi connectivity index (χ2n) is 3.69. The lowest BCUT2D eigenvalue weighted by molar-refractivity contribution is 0.898. The maximum absolute atomic E-state index is 11.5. The smallest absolute Gasteiger partial charge is 0.255 e. The van der Waals surface area contributed by atoms with E-state index in [9.17, 15) is 4.79 Å². The Morgan fingerprint density at radius 1 is 1.29 bits per heavy atom. The Morgan fingerprint density at radius 2 is 2.00 bits per heavy atom. The third kappa shape index (κ3) is 2.93. The first kappa shape index (κ1) is 11.8. The Morgan fingerprint density at radius 3 is 2.59 bits per heavy atom. The van der Waals surface area contributed by atoms with Gasteiger partial charge in [-0.2, -0.15) is 0 Å². The maximum Gasteiger partial charge on any atom is 0.255 e. The molecule has 0 amide bonds. The van der Waals surface area contributed by atoms with Crippen molar-refractivity contribution in [1.82, 2.24) is 9.97 Å². The molecule has 0 unspecified atom stereocenters. The van der Waals surface area contributed by atoms with Crippen LogP contribution < -0.4 is 11.3 Å². The number of rotatable bonds is 3. The van der Waals surface area contributed by atoms with E-state index in [1.54, 1.807) is 0 Å². The van der Waals surface area contributed by atoms with E-state index in [1.165, 1.54) is 6.20 Å². The maximum atomic E-state index is 11.5. The van der Waals surface area contributed by atoms with Gasteiger partial charge < -0.3 is 10.7 Å². The largest absolute Gasteiger partial charge is 0.326 e. The van der Waals surface area contributed by atoms with Gasteiger partial charge in [0.25, 0.3) is 5.56 Å². The Kier molecular flexibility index (Phi) is 3.56. The lowest BCUT2D eigenvalue weighted by atomic mass is 10.1. The van der Waals surface area contributed by atoms with E-state index in [0.29, 0.717) is 22.8 Å². The van der Waals surface area contributed by atoms with Gasteiger partial charge >= 0.3 is 0 Å². The molecule has 0 radical (unpaired) electrons. The second kappa shape index (κ2) is 5.12. The van der Waals surface area contributed by atoms with Crippen molar-refractivity contribution >= 4 is 11.6 Å². The molecular weight excluding hydrogens is 238 g/mol. The van der Waals surface area contributed by atoms with Crippen molar-refractivity contribution in [3.05, 3.63) is 62.8 Å². The third-order valence-electron chi connectivity index (χ3n) is 2.43. The predicted molar refractivity (Wildman–Crippen MR) is 67.0 cm³/mol. The molecule has 5 heteroatoms. The zero-order valence-electron chi connectivity index (χ0n) is 9.11. The van der Waals surface area contributed by atoms with Crippen LogP contribution in [0.2, 0.25) is 5.02 Å². The molecule has 0 fully saturated rings. The molecule has 0 saturated heterocycles. The summed E-state index contributed by atoms with van der Waals surface area (Å²) < 4.78 is 0. The molecule has 1 heterocycles. The monoisotopic (exact) mass is 249 g/mol. The van der Waals surface area contributed by atoms with Crippen LogP contribution in [0.3, 0.4) is 0 Å². The minimum Gasteiger partial charge on any atom is -0.326 e. The van der Waals surface area contributed by atoms with Gasteiger partial charge in [-0.15, -0.1) is 0 Å². The Bertz CT molecular complexity index is 563. The SMILES string of the molecule is NCc1cnc(Cc2ccc(Cl)cc2)[nH]c1=O. The van der Waals surface area contributed by atoms with Crippen LogP contribution in [0.15, 0.2) is 35.3 Å². The summed E-state index contributed by atoms with van der Waals surface area (Å²) in [6.07, 6.45) is 2.08. The molecule has 0 aliphatic heterocycles. The summed E-state index contributed by atoms with van der Waals surface area (Å²) in [4.78, 5) is 18.4. The molecule has 3 N–H and O–H groups in total. The van der Waals surface area contributed by atoms with Crippen LogP contribution in [0.25, 0.3) is 0 Å². The fraction of sp³-hybridized carbons (Fsp3) is 0.167. The number of nitrogens with two attached hydrogens (primary N) is 1. The average Bonchev–Trinajstić information content (AvgIpc) is 2.32. The van der Waals surface area contributed by atoms with Crippen LogP contribution >= 0.6 is 11.6 Å². The van der Waals surface area contributed by atoms with Gasteiger partial charge in [0.1, 0.15) is 5.82 Å². The molecule has 2 rings (SSSR count). The Balaban J connectivity index is 2.22. The second-order valence-corrected chi connectivity index (χ2v) is 4.13. The van der Waals surface area contributed by atoms with Crippen LogP contribution in [-0.2, 0) is 13.0 Å². The van der Waals surface area contributed by atoms with Crippen LogP contribution in [0.1, 0.15) is 17.0 Å². The van der Waals surface area contributed by atoms with Gasteiger partial charge in [0, 0.05) is 29.7 Å². The van der Waals surface area contributed by atoms with Gasteiger partial charge in [-0.05, 0) is 17.7 Å². The van der Waals surface area contributed by atoms with Crippen molar-refractivity contribution < 1.29 is 0 Å². The molecular formula is C12H12ClN3O. The van der Waals surface area contributed by atoms with Crippen LogP contribution in [0.4, 0.5) is 0 Å². The molecule has 2 aromatic rings. The first-order valence-electron chi connectivity index (χ1n) is 5.20. The molecule has 0 aliphatic rings. The molecule has 0 atom stereocenters. The highest BCUT2D eigenvalue weighted by Crippen LogP contribution is 2.11. The van der Waals surface area contributed by atoms with E-state index in [4.69, 9.17) is 17.3 Å². The lowest BCUT2D eigenvalue weighted by Crippen LogP contribution is -2.18. The summed E-state index contributed by atoms with van der Waals surface area (Å²) in [5.41, 5.74) is 6.75. The Labute approximate surface area is 103 Å². The van der Waals surface area contributed by atoms with E-state index in [1.807, 2.05) is 24.3 Å². The molecule has 0 aliphatic carbocycles. The van der Waals surface area contributed by atoms with Crippen molar-refractivity contribution in [2.75, 3.05) is 0 Å². The molecule has 17 heavy (non-hydrogen) atoms. The van der Waals surface area contributed by atoms with Crippen molar-refractivity contribution in [2.45, 2.75) is 13.0 Å². The predicted octanol–water partition coefficient (Wildman–Crippen LogP) is 1.47. The molecule has 0 bridgehead atoms. The Hall–Kier alpha value is -1.65. The summed E-state index contributed by atoms with van der Waals surface area (Å²) in [7, 11) is 0. The third-order valence-corrected chi connectivity index (χ3v) is 2.68. The molecule has 0 spiro atoms. The normalized spacial score (nSPS) is 10.5. The highest BCUT2D eigenvalue weighted by Gasteiger charge is 2.02. The summed E-state index contributed by atoms with van der Waals surface area (Å²) in [5.74, 6) is 0.620. The highest BCUT2D eigenvalue weighted by molar-refractivity contribution is 6.30. The molecule has 0 saturated carbocycles.